The van der Waals surface area contributed by atoms with Crippen LogP contribution >= 0.6 is 24.4 Å². The van der Waals surface area contributed by atoms with E-state index in [1.807, 2.05) is 76.2 Å². The molecule has 2 aromatic rings. The summed E-state index contributed by atoms with van der Waals surface area (Å²) >= 11 is 9.48. The molecule has 0 fully saturated rings. The summed E-state index contributed by atoms with van der Waals surface area (Å²) in [4.78, 5) is 9.21. The molecule has 0 spiro atoms. The molecule has 9 nitrogen and oxygen atoms in total. The number of hydrogen-bond donors (Lipinski definition) is 4. The van der Waals surface area contributed by atoms with Gasteiger partial charge in [0.2, 0.25) is 0 Å². The second kappa shape index (κ2) is 13.9. The van der Waals surface area contributed by atoms with E-state index in [1.165, 1.54) is 0 Å². The standard InChI is InChI=1S/C24H30N8OS2/c1-15(13-17(3)29-31-23(25)34)27-19-5-9-21(10-6-19)33-22-11-7-20(8-12-22)28-16(2)14-18(4)30-32-24(26)35/h5-12H,13-14H2,1-4H3,(H3,25,31,34)(H3,26,32,35)/b27-15?,28-16?,29-17+,30-18+. The number of nitrogens with one attached hydrogen (secondary N) is 2. The van der Waals surface area contributed by atoms with Crippen LogP contribution in [0.4, 0.5) is 11.4 Å². The van der Waals surface area contributed by atoms with Gasteiger partial charge >= 0.3 is 0 Å². The number of benzene rings is 2. The molecule has 6 N–H and O–H groups in total. The molecule has 0 atom stereocenters. The van der Waals surface area contributed by atoms with Crippen LogP contribution in [0.1, 0.15) is 40.5 Å². The highest BCUT2D eigenvalue weighted by molar-refractivity contribution is 7.80. The number of rotatable bonds is 10. The fraction of sp³-hybridized carbons (Fsp3) is 0.250. The molecule has 0 aliphatic heterocycles. The van der Waals surface area contributed by atoms with Crippen LogP contribution in [0.5, 0.6) is 11.5 Å². The molecule has 11 heteroatoms. The van der Waals surface area contributed by atoms with Gasteiger partial charge in [-0.2, -0.15) is 10.2 Å². The number of ether oxygens (including phenoxy) is 1. The Bertz CT molecular complexity index is 1060. The van der Waals surface area contributed by atoms with Gasteiger partial charge in [0, 0.05) is 35.7 Å². The molecule has 0 aliphatic rings. The van der Waals surface area contributed by atoms with Crippen LogP contribution in [-0.4, -0.2) is 33.1 Å². The van der Waals surface area contributed by atoms with E-state index in [1.54, 1.807) is 0 Å². The number of nitrogens with zero attached hydrogens (tertiary/aromatic N) is 4. The van der Waals surface area contributed by atoms with E-state index in [4.69, 9.17) is 40.6 Å². The molecule has 0 radical (unpaired) electrons. The summed E-state index contributed by atoms with van der Waals surface area (Å²) in [5, 5.41) is 8.45. The third kappa shape index (κ3) is 11.3. The maximum absolute atomic E-state index is 5.94. The molecule has 184 valence electrons. The van der Waals surface area contributed by atoms with Gasteiger partial charge in [-0.05, 0) is 101 Å². The van der Waals surface area contributed by atoms with Gasteiger partial charge in [0.25, 0.3) is 0 Å². The zero-order valence-electron chi connectivity index (χ0n) is 20.2. The minimum atomic E-state index is 0.134. The first-order valence-electron chi connectivity index (χ1n) is 10.7. The molecule has 35 heavy (non-hydrogen) atoms. The van der Waals surface area contributed by atoms with Crippen molar-refractivity contribution in [3.63, 3.8) is 0 Å². The zero-order chi connectivity index (χ0) is 25.8. The SMILES string of the molecule is CC(C/C(C)=N/NC(N)=S)=Nc1ccc(Oc2ccc(N=C(C)C/C(C)=N/NC(N)=S)cc2)cc1. The molecule has 0 amide bonds. The fourth-order valence-electron chi connectivity index (χ4n) is 2.95. The first-order valence-corrected chi connectivity index (χ1v) is 11.6. The second-order valence-corrected chi connectivity index (χ2v) is 8.66. The van der Waals surface area contributed by atoms with Crippen LogP contribution in [0.3, 0.4) is 0 Å². The monoisotopic (exact) mass is 510 g/mol. The molecule has 0 aliphatic carbocycles. The lowest BCUT2D eigenvalue weighted by Gasteiger charge is -2.07. The van der Waals surface area contributed by atoms with Crippen LogP contribution in [-0.2, 0) is 0 Å². The van der Waals surface area contributed by atoms with Crippen LogP contribution in [0.2, 0.25) is 0 Å². The lowest BCUT2D eigenvalue weighted by atomic mass is 10.2. The Hall–Kier alpha value is -3.70. The Morgan fingerprint density at radius 3 is 1.31 bits per heavy atom. The fourth-order valence-corrected chi connectivity index (χ4v) is 3.05. The van der Waals surface area contributed by atoms with Gasteiger partial charge in [0.15, 0.2) is 10.2 Å². The number of aliphatic imine (C=N–C) groups is 2. The number of nitrogens with two attached hydrogens (primary N) is 2. The van der Waals surface area contributed by atoms with Crippen molar-refractivity contribution in [3.05, 3.63) is 48.5 Å². The highest BCUT2D eigenvalue weighted by Crippen LogP contribution is 2.26. The van der Waals surface area contributed by atoms with Crippen molar-refractivity contribution in [2.45, 2.75) is 40.5 Å². The molecule has 0 saturated heterocycles. The highest BCUT2D eigenvalue weighted by atomic mass is 32.1. The van der Waals surface area contributed by atoms with Gasteiger partial charge in [-0.3, -0.25) is 20.8 Å². The number of hydrogen-bond acceptors (Lipinski definition) is 7. The molecule has 0 unspecified atom stereocenters. The molecule has 2 rings (SSSR count). The Balaban J connectivity index is 1.94. The third-order valence-corrected chi connectivity index (χ3v) is 4.47. The summed E-state index contributed by atoms with van der Waals surface area (Å²) in [6, 6.07) is 15.1. The van der Waals surface area contributed by atoms with Gasteiger partial charge in [0.1, 0.15) is 11.5 Å². The van der Waals surface area contributed by atoms with Crippen molar-refractivity contribution in [2.24, 2.45) is 31.7 Å². The maximum Gasteiger partial charge on any atom is 0.184 e. The molecule has 0 heterocycles. The largest absolute Gasteiger partial charge is 0.457 e. The van der Waals surface area contributed by atoms with Crippen LogP contribution in [0.15, 0.2) is 68.7 Å². The molecule has 0 aromatic heterocycles. The number of thiocarbonyl (C=S) groups is 2. The molecular weight excluding hydrogens is 480 g/mol. The Morgan fingerprint density at radius 2 is 1.00 bits per heavy atom. The van der Waals surface area contributed by atoms with Crippen LogP contribution in [0.25, 0.3) is 0 Å². The Kier molecular flexibility index (Phi) is 10.9. The van der Waals surface area contributed by atoms with Crippen LogP contribution in [0, 0.1) is 0 Å². The smallest absolute Gasteiger partial charge is 0.184 e. The van der Waals surface area contributed by atoms with Gasteiger partial charge in [-0.15, -0.1) is 0 Å². The normalized spacial score (nSPS) is 12.8. The van der Waals surface area contributed by atoms with Crippen molar-refractivity contribution < 1.29 is 4.74 Å². The van der Waals surface area contributed by atoms with E-state index in [0.717, 1.165) is 34.2 Å². The minimum Gasteiger partial charge on any atom is -0.457 e. The van der Waals surface area contributed by atoms with E-state index in [0.29, 0.717) is 24.3 Å². The van der Waals surface area contributed by atoms with E-state index in [9.17, 15) is 0 Å². The third-order valence-electron chi connectivity index (χ3n) is 4.29. The first kappa shape index (κ1) is 27.5. The highest BCUT2D eigenvalue weighted by Gasteiger charge is 2.02. The summed E-state index contributed by atoms with van der Waals surface area (Å²) in [6.07, 6.45) is 1.21. The summed E-state index contributed by atoms with van der Waals surface area (Å²) < 4.78 is 5.94. The molecular formula is C24H30N8OS2. The predicted octanol–water partition coefficient (Wildman–Crippen LogP) is 4.86. The van der Waals surface area contributed by atoms with E-state index in [-0.39, 0.29) is 10.2 Å². The van der Waals surface area contributed by atoms with Crippen molar-refractivity contribution in [3.8, 4) is 11.5 Å². The van der Waals surface area contributed by atoms with Gasteiger partial charge in [-0.25, -0.2) is 0 Å². The topological polar surface area (TPSA) is 135 Å². The van der Waals surface area contributed by atoms with Gasteiger partial charge in [0.05, 0.1) is 11.4 Å². The van der Waals surface area contributed by atoms with Gasteiger partial charge in [-0.1, -0.05) is 0 Å². The molecule has 0 bridgehead atoms. The lowest BCUT2D eigenvalue weighted by Crippen LogP contribution is -2.25. The number of hydrazone groups is 2. The predicted molar refractivity (Wildman–Crippen MR) is 154 cm³/mol. The van der Waals surface area contributed by atoms with Crippen molar-refractivity contribution >= 4 is 68.9 Å². The summed E-state index contributed by atoms with van der Waals surface area (Å²) in [5.74, 6) is 1.43. The zero-order valence-corrected chi connectivity index (χ0v) is 21.8. The Labute approximate surface area is 216 Å². The average Bonchev–Trinajstić information content (AvgIpc) is 2.79. The summed E-state index contributed by atoms with van der Waals surface area (Å²) in [5.41, 5.74) is 21.1. The quantitative estimate of drug-likeness (QED) is 0.204. The summed E-state index contributed by atoms with van der Waals surface area (Å²) in [6.45, 7) is 7.64. The average molecular weight is 511 g/mol. The second-order valence-electron chi connectivity index (χ2n) is 7.78. The maximum atomic E-state index is 5.94. The summed E-state index contributed by atoms with van der Waals surface area (Å²) in [7, 11) is 0. The van der Waals surface area contributed by atoms with E-state index in [2.05, 4.69) is 31.0 Å². The molecule has 2 aromatic carbocycles. The van der Waals surface area contributed by atoms with E-state index < -0.39 is 0 Å². The van der Waals surface area contributed by atoms with Crippen LogP contribution < -0.4 is 27.1 Å². The van der Waals surface area contributed by atoms with Gasteiger partial charge < -0.3 is 16.2 Å². The Morgan fingerprint density at radius 1 is 0.657 bits per heavy atom. The van der Waals surface area contributed by atoms with Crippen molar-refractivity contribution in [1.29, 1.82) is 0 Å². The van der Waals surface area contributed by atoms with Crippen molar-refractivity contribution in [2.75, 3.05) is 0 Å². The first-order chi connectivity index (χ1) is 16.6. The van der Waals surface area contributed by atoms with E-state index >= 15 is 0 Å². The lowest BCUT2D eigenvalue weighted by molar-refractivity contribution is 0.483. The molecule has 0 saturated carbocycles. The minimum absolute atomic E-state index is 0.134. The van der Waals surface area contributed by atoms with Crippen molar-refractivity contribution in [1.82, 2.24) is 10.9 Å².